The Hall–Kier alpha value is -3.41. The summed E-state index contributed by atoms with van der Waals surface area (Å²) in [4.78, 5) is 22.7. The van der Waals surface area contributed by atoms with Gasteiger partial charge in [0.05, 0.1) is 10.4 Å². The lowest BCUT2D eigenvalue weighted by Crippen LogP contribution is -2.04. The van der Waals surface area contributed by atoms with Gasteiger partial charge in [-0.2, -0.15) is 0 Å². The molecule has 6 nitrogen and oxygen atoms in total. The number of hydrogen-bond donors (Lipinski definition) is 0. The van der Waals surface area contributed by atoms with E-state index in [4.69, 9.17) is 0 Å². The van der Waals surface area contributed by atoms with Crippen molar-refractivity contribution < 1.29 is 9.72 Å². The highest BCUT2D eigenvalue weighted by atomic mass is 16.6. The molecule has 0 radical (unpaired) electrons. The summed E-state index contributed by atoms with van der Waals surface area (Å²) in [6, 6.07) is 13.5. The fraction of sp³-hybridized carbons (Fsp3) is 0.0556. The zero-order valence-electron chi connectivity index (χ0n) is 12.8. The Bertz CT molecular complexity index is 980. The zero-order valence-corrected chi connectivity index (χ0v) is 12.8. The number of benzene rings is 2. The van der Waals surface area contributed by atoms with E-state index in [9.17, 15) is 14.9 Å². The van der Waals surface area contributed by atoms with Crippen molar-refractivity contribution in [3.05, 3.63) is 81.5 Å². The molecule has 0 unspecified atom stereocenters. The number of carbonyl (C=O) groups is 1. The third-order valence-electron chi connectivity index (χ3n) is 3.66. The molecule has 0 aliphatic heterocycles. The van der Waals surface area contributed by atoms with Gasteiger partial charge in [0.15, 0.2) is 0 Å². The third kappa shape index (κ3) is 3.03. The molecule has 0 fully saturated rings. The lowest BCUT2D eigenvalue weighted by Gasteiger charge is -2.04. The normalized spacial score (nSPS) is 11.0. The predicted octanol–water partition coefficient (Wildman–Crippen LogP) is 3.74. The summed E-state index contributed by atoms with van der Waals surface area (Å²) in [6.45, 7) is 1.82. The summed E-state index contributed by atoms with van der Waals surface area (Å²) in [5.74, 6) is -0.294. The number of carbonyl (C=O) groups excluding carboxylic acids is 1. The molecule has 0 saturated heterocycles. The van der Waals surface area contributed by atoms with Crippen molar-refractivity contribution in [2.45, 2.75) is 6.92 Å². The van der Waals surface area contributed by atoms with Gasteiger partial charge in [-0.1, -0.05) is 36.4 Å². The van der Waals surface area contributed by atoms with Crippen molar-refractivity contribution in [3.8, 4) is 0 Å². The van der Waals surface area contributed by atoms with Gasteiger partial charge in [-0.25, -0.2) is 0 Å². The van der Waals surface area contributed by atoms with Gasteiger partial charge in [0, 0.05) is 17.5 Å². The van der Waals surface area contributed by atoms with E-state index in [-0.39, 0.29) is 17.2 Å². The van der Waals surface area contributed by atoms with Crippen LogP contribution < -0.4 is 0 Å². The van der Waals surface area contributed by atoms with Crippen LogP contribution >= 0.6 is 0 Å². The van der Waals surface area contributed by atoms with E-state index in [0.29, 0.717) is 5.56 Å². The van der Waals surface area contributed by atoms with Crippen LogP contribution in [0.25, 0.3) is 17.0 Å². The van der Waals surface area contributed by atoms with Crippen molar-refractivity contribution >= 4 is 28.4 Å². The maximum atomic E-state index is 12.4. The van der Waals surface area contributed by atoms with Crippen LogP contribution in [0.1, 0.15) is 21.6 Å². The molecule has 0 amide bonds. The highest BCUT2D eigenvalue weighted by Crippen LogP contribution is 2.19. The van der Waals surface area contributed by atoms with Crippen LogP contribution in [0, 0.1) is 17.0 Å². The van der Waals surface area contributed by atoms with Crippen LogP contribution in [0.3, 0.4) is 0 Å². The number of fused-ring (bicyclic) bond motifs is 1. The Labute approximate surface area is 137 Å². The Balaban J connectivity index is 1.91. The van der Waals surface area contributed by atoms with Crippen LogP contribution in [0.15, 0.2) is 54.6 Å². The second-order valence-corrected chi connectivity index (χ2v) is 5.24. The van der Waals surface area contributed by atoms with Gasteiger partial charge in [-0.15, -0.1) is 10.2 Å². The monoisotopic (exact) mass is 319 g/mol. The predicted molar refractivity (Wildman–Crippen MR) is 90.7 cm³/mol. The molecule has 0 atom stereocenters. The van der Waals surface area contributed by atoms with E-state index >= 15 is 0 Å². The van der Waals surface area contributed by atoms with Crippen LogP contribution in [-0.2, 0) is 0 Å². The number of ketones is 1. The van der Waals surface area contributed by atoms with Gasteiger partial charge in [0.2, 0.25) is 5.78 Å². The lowest BCUT2D eigenvalue weighted by atomic mass is 10.1. The van der Waals surface area contributed by atoms with Crippen LogP contribution in [0.2, 0.25) is 0 Å². The van der Waals surface area contributed by atoms with Crippen molar-refractivity contribution in [1.82, 2.24) is 10.2 Å². The summed E-state index contributed by atoms with van der Waals surface area (Å²) < 4.78 is 0. The SMILES string of the molecule is Cc1c(C(=O)/C=C/c2cccc([N+](=O)[O-])c2)nnc2ccccc12. The number of hydrogen-bond acceptors (Lipinski definition) is 5. The number of aromatic nitrogens is 2. The maximum Gasteiger partial charge on any atom is 0.270 e. The van der Waals surface area contributed by atoms with E-state index in [1.807, 2.05) is 31.2 Å². The molecule has 6 heteroatoms. The molecule has 3 aromatic rings. The Morgan fingerprint density at radius 1 is 1.12 bits per heavy atom. The minimum Gasteiger partial charge on any atom is -0.287 e. The molecule has 0 bridgehead atoms. The number of nitro benzene ring substituents is 1. The highest BCUT2D eigenvalue weighted by Gasteiger charge is 2.12. The van der Waals surface area contributed by atoms with Gasteiger partial charge < -0.3 is 0 Å². The third-order valence-corrected chi connectivity index (χ3v) is 3.66. The van der Waals surface area contributed by atoms with Gasteiger partial charge in [-0.3, -0.25) is 14.9 Å². The highest BCUT2D eigenvalue weighted by molar-refractivity contribution is 6.08. The molecule has 0 aliphatic carbocycles. The molecular formula is C18H13N3O3. The molecule has 0 spiro atoms. The molecule has 0 saturated carbocycles. The standard InChI is InChI=1S/C18H13N3O3/c1-12-15-7-2-3-8-16(15)19-20-18(12)17(22)10-9-13-5-4-6-14(11-13)21(23)24/h2-11H,1H3/b10-9+. The van der Waals surface area contributed by atoms with Gasteiger partial charge in [0.1, 0.15) is 5.69 Å². The smallest absolute Gasteiger partial charge is 0.270 e. The maximum absolute atomic E-state index is 12.4. The van der Waals surface area contributed by atoms with Gasteiger partial charge in [0.25, 0.3) is 5.69 Å². The zero-order chi connectivity index (χ0) is 17.1. The molecule has 118 valence electrons. The Morgan fingerprint density at radius 3 is 2.71 bits per heavy atom. The van der Waals surface area contributed by atoms with E-state index in [1.165, 1.54) is 24.3 Å². The average molecular weight is 319 g/mol. The lowest BCUT2D eigenvalue weighted by molar-refractivity contribution is -0.384. The number of aryl methyl sites for hydroxylation is 1. The summed E-state index contributed by atoms with van der Waals surface area (Å²) in [7, 11) is 0. The number of rotatable bonds is 4. The first-order valence-corrected chi connectivity index (χ1v) is 7.25. The van der Waals surface area contributed by atoms with Crippen molar-refractivity contribution in [2.24, 2.45) is 0 Å². The van der Waals surface area contributed by atoms with E-state index in [0.717, 1.165) is 16.5 Å². The van der Waals surface area contributed by atoms with Crippen LogP contribution in [0.4, 0.5) is 5.69 Å². The number of nitrogens with zero attached hydrogens (tertiary/aromatic N) is 3. The van der Waals surface area contributed by atoms with E-state index in [2.05, 4.69) is 10.2 Å². The first-order chi connectivity index (χ1) is 11.6. The minimum absolute atomic E-state index is 0.0220. The van der Waals surface area contributed by atoms with E-state index < -0.39 is 4.92 Å². The second kappa shape index (κ2) is 6.37. The molecular weight excluding hydrogens is 306 g/mol. The number of nitro groups is 1. The fourth-order valence-corrected chi connectivity index (χ4v) is 2.41. The first kappa shape index (κ1) is 15.5. The quantitative estimate of drug-likeness (QED) is 0.316. The molecule has 2 aromatic carbocycles. The molecule has 0 N–H and O–H groups in total. The molecule has 1 heterocycles. The fourth-order valence-electron chi connectivity index (χ4n) is 2.41. The largest absolute Gasteiger partial charge is 0.287 e. The Morgan fingerprint density at radius 2 is 1.92 bits per heavy atom. The second-order valence-electron chi connectivity index (χ2n) is 5.24. The average Bonchev–Trinajstić information content (AvgIpc) is 2.60. The topological polar surface area (TPSA) is 86.0 Å². The molecule has 1 aromatic heterocycles. The Kier molecular flexibility index (Phi) is 4.11. The number of allylic oxidation sites excluding steroid dienone is 1. The summed E-state index contributed by atoms with van der Waals surface area (Å²) in [5, 5.41) is 19.7. The van der Waals surface area contributed by atoms with Crippen LogP contribution in [-0.4, -0.2) is 20.9 Å². The molecule has 3 rings (SSSR count). The minimum atomic E-state index is -0.474. The summed E-state index contributed by atoms with van der Waals surface area (Å²) >= 11 is 0. The van der Waals surface area contributed by atoms with Crippen molar-refractivity contribution in [1.29, 1.82) is 0 Å². The van der Waals surface area contributed by atoms with Crippen LogP contribution in [0.5, 0.6) is 0 Å². The molecule has 0 aliphatic rings. The van der Waals surface area contributed by atoms with Crippen molar-refractivity contribution in [2.75, 3.05) is 0 Å². The van der Waals surface area contributed by atoms with Gasteiger partial charge >= 0.3 is 0 Å². The molecule has 24 heavy (non-hydrogen) atoms. The summed E-state index contributed by atoms with van der Waals surface area (Å²) in [6.07, 6.45) is 2.89. The summed E-state index contributed by atoms with van der Waals surface area (Å²) in [5.41, 5.74) is 2.31. The number of non-ortho nitro benzene ring substituents is 1. The first-order valence-electron chi connectivity index (χ1n) is 7.25. The van der Waals surface area contributed by atoms with E-state index in [1.54, 1.807) is 12.1 Å². The van der Waals surface area contributed by atoms with Gasteiger partial charge in [-0.05, 0) is 30.2 Å². The van der Waals surface area contributed by atoms with Crippen molar-refractivity contribution in [3.63, 3.8) is 0 Å².